The standard InChI is InChI=1S/C11H14O6S/c1-16-11-8-9(5-6-10(11)12)4-2-3-7-17-18(13,14)15/h2,4-6,8,12H,3,7H2,1H3,(H,13,14,15). The molecular weight excluding hydrogens is 260 g/mol. The second-order valence-corrected chi connectivity index (χ2v) is 4.46. The fourth-order valence-corrected chi connectivity index (χ4v) is 1.55. The number of hydrogen-bond donors (Lipinski definition) is 2. The van der Waals surface area contributed by atoms with Crippen LogP contribution in [0.2, 0.25) is 0 Å². The summed E-state index contributed by atoms with van der Waals surface area (Å²) in [5.41, 5.74) is 0.788. The summed E-state index contributed by atoms with van der Waals surface area (Å²) in [4.78, 5) is 0. The molecule has 0 fully saturated rings. The molecule has 0 atom stereocenters. The summed E-state index contributed by atoms with van der Waals surface area (Å²) in [6.45, 7) is -0.134. The molecule has 0 spiro atoms. The number of phenols is 1. The first-order chi connectivity index (χ1) is 8.42. The van der Waals surface area contributed by atoms with Gasteiger partial charge in [-0.25, -0.2) is 4.18 Å². The minimum atomic E-state index is -4.37. The van der Waals surface area contributed by atoms with E-state index in [1.165, 1.54) is 13.2 Å². The normalized spacial score (nSPS) is 11.9. The largest absolute Gasteiger partial charge is 0.504 e. The van der Waals surface area contributed by atoms with Gasteiger partial charge in [-0.2, -0.15) is 8.42 Å². The molecule has 0 bridgehead atoms. The molecule has 0 aliphatic carbocycles. The van der Waals surface area contributed by atoms with E-state index in [4.69, 9.17) is 9.29 Å². The molecule has 0 saturated heterocycles. The molecule has 1 aromatic carbocycles. The number of rotatable bonds is 6. The summed E-state index contributed by atoms with van der Waals surface area (Å²) in [6, 6.07) is 4.81. The zero-order chi connectivity index (χ0) is 13.6. The Hall–Kier alpha value is -1.57. The monoisotopic (exact) mass is 274 g/mol. The van der Waals surface area contributed by atoms with Crippen molar-refractivity contribution in [2.24, 2.45) is 0 Å². The maximum absolute atomic E-state index is 10.3. The Kier molecular flexibility index (Phi) is 5.14. The molecule has 0 heterocycles. The average molecular weight is 274 g/mol. The van der Waals surface area contributed by atoms with Gasteiger partial charge in [0.25, 0.3) is 0 Å². The van der Waals surface area contributed by atoms with E-state index in [9.17, 15) is 13.5 Å². The third kappa shape index (κ3) is 5.17. The maximum atomic E-state index is 10.3. The van der Waals surface area contributed by atoms with Crippen molar-refractivity contribution in [1.82, 2.24) is 0 Å². The Morgan fingerprint density at radius 3 is 2.72 bits per heavy atom. The molecule has 18 heavy (non-hydrogen) atoms. The summed E-state index contributed by atoms with van der Waals surface area (Å²) < 4.78 is 37.9. The van der Waals surface area contributed by atoms with Crippen LogP contribution in [-0.4, -0.2) is 31.8 Å². The van der Waals surface area contributed by atoms with E-state index in [2.05, 4.69) is 4.18 Å². The molecule has 100 valence electrons. The van der Waals surface area contributed by atoms with Crippen molar-refractivity contribution in [1.29, 1.82) is 0 Å². The molecule has 1 rings (SSSR count). The minimum absolute atomic E-state index is 0.0457. The fourth-order valence-electron chi connectivity index (χ4n) is 1.24. The molecule has 7 heteroatoms. The van der Waals surface area contributed by atoms with E-state index in [1.54, 1.807) is 24.3 Å². The van der Waals surface area contributed by atoms with Crippen molar-refractivity contribution in [3.63, 3.8) is 0 Å². The van der Waals surface area contributed by atoms with Gasteiger partial charge in [0.15, 0.2) is 11.5 Å². The van der Waals surface area contributed by atoms with E-state index in [1.807, 2.05) is 0 Å². The van der Waals surface area contributed by atoms with Crippen LogP contribution in [0.25, 0.3) is 6.08 Å². The minimum Gasteiger partial charge on any atom is -0.504 e. The third-order valence-electron chi connectivity index (χ3n) is 2.03. The molecule has 0 amide bonds. The van der Waals surface area contributed by atoms with Gasteiger partial charge in [-0.15, -0.1) is 0 Å². The van der Waals surface area contributed by atoms with Crippen LogP contribution in [-0.2, 0) is 14.6 Å². The van der Waals surface area contributed by atoms with Crippen LogP contribution in [0, 0.1) is 0 Å². The van der Waals surface area contributed by atoms with E-state index in [0.717, 1.165) is 5.56 Å². The molecule has 0 unspecified atom stereocenters. The predicted octanol–water partition coefficient (Wildman–Crippen LogP) is 1.62. The lowest BCUT2D eigenvalue weighted by molar-refractivity contribution is 0.273. The summed E-state index contributed by atoms with van der Waals surface area (Å²) in [5.74, 6) is 0.399. The van der Waals surface area contributed by atoms with Crippen LogP contribution in [0.1, 0.15) is 12.0 Å². The average Bonchev–Trinajstić information content (AvgIpc) is 2.29. The predicted molar refractivity (Wildman–Crippen MR) is 65.8 cm³/mol. The number of hydrogen-bond acceptors (Lipinski definition) is 5. The van der Waals surface area contributed by atoms with Crippen LogP contribution >= 0.6 is 0 Å². The maximum Gasteiger partial charge on any atom is 0.397 e. The lowest BCUT2D eigenvalue weighted by Gasteiger charge is -2.03. The van der Waals surface area contributed by atoms with Gasteiger partial charge >= 0.3 is 10.4 Å². The quantitative estimate of drug-likeness (QED) is 0.605. The van der Waals surface area contributed by atoms with Gasteiger partial charge in [-0.05, 0) is 24.1 Å². The van der Waals surface area contributed by atoms with E-state index < -0.39 is 10.4 Å². The summed E-state index contributed by atoms with van der Waals surface area (Å²) in [7, 11) is -2.93. The van der Waals surface area contributed by atoms with Crippen molar-refractivity contribution in [3.8, 4) is 11.5 Å². The van der Waals surface area contributed by atoms with Crippen LogP contribution in [0.3, 0.4) is 0 Å². The van der Waals surface area contributed by atoms with Gasteiger partial charge in [0.05, 0.1) is 13.7 Å². The Labute approximate surface area is 105 Å². The number of benzene rings is 1. The van der Waals surface area contributed by atoms with Gasteiger partial charge in [-0.3, -0.25) is 4.55 Å². The van der Waals surface area contributed by atoms with Crippen molar-refractivity contribution in [3.05, 3.63) is 29.8 Å². The van der Waals surface area contributed by atoms with Crippen LogP contribution in [0.15, 0.2) is 24.3 Å². The second kappa shape index (κ2) is 6.39. The summed E-state index contributed by atoms with van der Waals surface area (Å²) in [6.07, 6.45) is 3.72. The van der Waals surface area contributed by atoms with Crippen LogP contribution in [0.4, 0.5) is 0 Å². The first-order valence-corrected chi connectivity index (χ1v) is 6.44. The Bertz CT molecular complexity index is 520. The van der Waals surface area contributed by atoms with Gasteiger partial charge in [-0.1, -0.05) is 18.2 Å². The molecule has 0 aliphatic rings. The third-order valence-corrected chi connectivity index (χ3v) is 2.50. The van der Waals surface area contributed by atoms with Crippen molar-refractivity contribution in [2.75, 3.05) is 13.7 Å². The van der Waals surface area contributed by atoms with E-state index in [-0.39, 0.29) is 12.4 Å². The molecule has 0 radical (unpaired) electrons. The lowest BCUT2D eigenvalue weighted by atomic mass is 10.2. The molecule has 2 N–H and O–H groups in total. The Balaban J connectivity index is 2.52. The van der Waals surface area contributed by atoms with E-state index >= 15 is 0 Å². The number of methoxy groups -OCH3 is 1. The van der Waals surface area contributed by atoms with Gasteiger partial charge in [0, 0.05) is 0 Å². The van der Waals surface area contributed by atoms with Crippen molar-refractivity contribution in [2.45, 2.75) is 6.42 Å². The summed E-state index contributed by atoms with van der Waals surface area (Å²) >= 11 is 0. The topological polar surface area (TPSA) is 93.1 Å². The molecular formula is C11H14O6S. The molecule has 0 saturated carbocycles. The molecule has 1 aromatic rings. The number of ether oxygens (including phenoxy) is 1. The first kappa shape index (κ1) is 14.5. The second-order valence-electron chi connectivity index (χ2n) is 3.37. The van der Waals surface area contributed by atoms with Gasteiger partial charge in [0.2, 0.25) is 0 Å². The van der Waals surface area contributed by atoms with Gasteiger partial charge < -0.3 is 9.84 Å². The van der Waals surface area contributed by atoms with Crippen LogP contribution in [0.5, 0.6) is 11.5 Å². The molecule has 6 nitrogen and oxygen atoms in total. The smallest absolute Gasteiger partial charge is 0.397 e. The number of phenolic OH excluding ortho intramolecular Hbond substituents is 1. The first-order valence-electron chi connectivity index (χ1n) is 5.08. The Morgan fingerprint density at radius 1 is 1.39 bits per heavy atom. The highest BCUT2D eigenvalue weighted by Gasteiger charge is 2.02. The lowest BCUT2D eigenvalue weighted by Crippen LogP contribution is -2.03. The van der Waals surface area contributed by atoms with Crippen molar-refractivity contribution < 1.29 is 27.0 Å². The van der Waals surface area contributed by atoms with Crippen LogP contribution < -0.4 is 4.74 Å². The highest BCUT2D eigenvalue weighted by atomic mass is 32.3. The number of aromatic hydroxyl groups is 1. The SMILES string of the molecule is COc1cc(C=CCCOS(=O)(=O)O)ccc1O. The molecule has 0 aromatic heterocycles. The highest BCUT2D eigenvalue weighted by Crippen LogP contribution is 2.26. The summed E-state index contributed by atoms with van der Waals surface area (Å²) in [5, 5.41) is 9.37. The van der Waals surface area contributed by atoms with Crippen molar-refractivity contribution >= 4 is 16.5 Å². The zero-order valence-corrected chi connectivity index (χ0v) is 10.6. The van der Waals surface area contributed by atoms with E-state index in [0.29, 0.717) is 12.2 Å². The highest BCUT2D eigenvalue weighted by molar-refractivity contribution is 7.80. The fraction of sp³-hybridized carbons (Fsp3) is 0.273. The zero-order valence-electron chi connectivity index (χ0n) is 9.74. The molecule has 0 aliphatic heterocycles. The Morgan fingerprint density at radius 2 is 2.11 bits per heavy atom. The van der Waals surface area contributed by atoms with Gasteiger partial charge in [0.1, 0.15) is 0 Å².